The number of nitrogens with one attached hydrogen (secondary N) is 1. The molecule has 1 fully saturated rings. The Kier molecular flexibility index (Phi) is 5.65. The number of methoxy groups -OCH3 is 1. The number of halogens is 1. The van der Waals surface area contributed by atoms with Crippen LogP contribution in [0.1, 0.15) is 40.9 Å². The molecule has 5 rings (SSSR count). The Balaban J connectivity index is 1.92. The van der Waals surface area contributed by atoms with Crippen LogP contribution in [0.25, 0.3) is 27.7 Å². The molecule has 3 aromatic carbocycles. The molecule has 1 aliphatic rings. The van der Waals surface area contributed by atoms with Crippen molar-refractivity contribution >= 4 is 28.8 Å². The Labute approximate surface area is 202 Å². The van der Waals surface area contributed by atoms with Crippen molar-refractivity contribution in [2.24, 2.45) is 0 Å². The van der Waals surface area contributed by atoms with Crippen molar-refractivity contribution in [3.63, 3.8) is 0 Å². The quantitative estimate of drug-likeness (QED) is 0.235. The Morgan fingerprint density at radius 2 is 1.86 bits per heavy atom. The minimum Gasteiger partial charge on any atom is -0.478 e. The van der Waals surface area contributed by atoms with E-state index >= 15 is 0 Å². The van der Waals surface area contributed by atoms with Crippen LogP contribution in [0.2, 0.25) is 0 Å². The van der Waals surface area contributed by atoms with Gasteiger partial charge in [0.2, 0.25) is 0 Å². The Morgan fingerprint density at radius 3 is 2.40 bits per heavy atom. The normalized spacial score (nSPS) is 14.6. The largest absolute Gasteiger partial charge is 0.478 e. The van der Waals surface area contributed by atoms with E-state index in [4.69, 9.17) is 15.9 Å². The Hall–Kier alpha value is -3.97. The van der Waals surface area contributed by atoms with Crippen LogP contribution in [-0.4, -0.2) is 35.6 Å². The third kappa shape index (κ3) is 3.68. The number of aromatic carboxylic acids is 1. The van der Waals surface area contributed by atoms with Crippen molar-refractivity contribution in [2.45, 2.75) is 24.7 Å². The number of carboxylic acid groups (broad SMARTS) is 1. The van der Waals surface area contributed by atoms with Crippen LogP contribution >= 0.6 is 0 Å². The smallest absolute Gasteiger partial charge is 0.335 e. The van der Waals surface area contributed by atoms with Gasteiger partial charge in [0.15, 0.2) is 0 Å². The number of rotatable bonds is 7. The fraction of sp³-hybridized carbons (Fsp3) is 0.214. The van der Waals surface area contributed by atoms with Gasteiger partial charge >= 0.3 is 5.97 Å². The summed E-state index contributed by atoms with van der Waals surface area (Å²) in [6.07, 6.45) is 4.13. The molecule has 0 atom stereocenters. The highest BCUT2D eigenvalue weighted by atomic mass is 19.1. The molecule has 0 amide bonds. The summed E-state index contributed by atoms with van der Waals surface area (Å²) in [4.78, 5) is 11.5. The molecule has 1 aromatic heterocycles. The van der Waals surface area contributed by atoms with Gasteiger partial charge in [-0.2, -0.15) is 0 Å². The van der Waals surface area contributed by atoms with E-state index in [-0.39, 0.29) is 16.8 Å². The molecule has 1 heterocycles. The van der Waals surface area contributed by atoms with E-state index in [1.165, 1.54) is 18.3 Å². The Morgan fingerprint density at radius 1 is 1.17 bits per heavy atom. The molecule has 35 heavy (non-hydrogen) atoms. The monoisotopic (exact) mass is 471 g/mol. The van der Waals surface area contributed by atoms with Gasteiger partial charge in [0.25, 0.3) is 0 Å². The van der Waals surface area contributed by atoms with Gasteiger partial charge in [-0.25, -0.2) is 9.18 Å². The summed E-state index contributed by atoms with van der Waals surface area (Å²) in [5.74, 6) is -1.31. The summed E-state index contributed by atoms with van der Waals surface area (Å²) in [5.41, 5.74) is 11.8. The van der Waals surface area contributed by atoms with Crippen LogP contribution < -0.4 is 5.73 Å². The number of nitrogens with two attached hydrogens (primary N) is 1. The first-order valence-electron chi connectivity index (χ1n) is 11.5. The highest BCUT2D eigenvalue weighted by Gasteiger charge is 2.44. The molecule has 0 unspecified atom stereocenters. The van der Waals surface area contributed by atoms with Crippen LogP contribution in [0.4, 0.5) is 10.1 Å². The average molecular weight is 472 g/mol. The number of hydrogen-bond donors (Lipinski definition) is 3. The lowest BCUT2D eigenvalue weighted by Crippen LogP contribution is -2.40. The lowest BCUT2D eigenvalue weighted by molar-refractivity contribution is 0.0697. The molecule has 7 heteroatoms. The van der Waals surface area contributed by atoms with Crippen LogP contribution in [0, 0.1) is 11.2 Å². The molecular weight excluding hydrogens is 445 g/mol. The van der Waals surface area contributed by atoms with E-state index in [0.29, 0.717) is 17.9 Å². The third-order valence-electron chi connectivity index (χ3n) is 7.07. The van der Waals surface area contributed by atoms with Gasteiger partial charge < -0.3 is 25.6 Å². The molecule has 0 radical (unpaired) electrons. The zero-order valence-corrected chi connectivity index (χ0v) is 19.3. The topological polar surface area (TPSA) is 101 Å². The number of carboxylic acids is 1. The molecule has 0 spiro atoms. The molecule has 1 aliphatic carbocycles. The number of hydrogen-bond acceptors (Lipinski definition) is 4. The van der Waals surface area contributed by atoms with Crippen molar-refractivity contribution in [1.82, 2.24) is 4.57 Å². The zero-order chi connectivity index (χ0) is 24.7. The number of anilines is 1. The predicted octanol–water partition coefficient (Wildman–Crippen LogP) is 5.78. The lowest BCUT2D eigenvalue weighted by atomic mass is 9.65. The molecule has 0 bridgehead atoms. The van der Waals surface area contributed by atoms with Crippen molar-refractivity contribution in [2.75, 3.05) is 19.5 Å². The van der Waals surface area contributed by atoms with Gasteiger partial charge in [-0.1, -0.05) is 18.6 Å². The molecule has 178 valence electrons. The number of nitrogen functional groups attached to an aromatic ring is 1. The van der Waals surface area contributed by atoms with E-state index < -0.39 is 5.97 Å². The van der Waals surface area contributed by atoms with Gasteiger partial charge in [-0.15, -0.1) is 0 Å². The maximum absolute atomic E-state index is 13.9. The summed E-state index contributed by atoms with van der Waals surface area (Å²) in [6, 6.07) is 17.0. The zero-order valence-electron chi connectivity index (χ0n) is 19.3. The van der Waals surface area contributed by atoms with E-state index in [1.807, 2.05) is 24.3 Å². The van der Waals surface area contributed by atoms with E-state index in [1.54, 1.807) is 31.4 Å². The minimum absolute atomic E-state index is 0.207. The third-order valence-corrected chi connectivity index (χ3v) is 7.07. The van der Waals surface area contributed by atoms with Crippen LogP contribution in [0.15, 0.2) is 60.7 Å². The highest BCUT2D eigenvalue weighted by molar-refractivity contribution is 6.05. The lowest BCUT2D eigenvalue weighted by Gasteiger charge is -2.43. The van der Waals surface area contributed by atoms with Gasteiger partial charge in [-0.05, 0) is 66.9 Å². The number of nitrogens with zero attached hydrogens (tertiary/aromatic N) is 1. The number of aromatic nitrogens is 1. The van der Waals surface area contributed by atoms with E-state index in [2.05, 4.69) is 4.57 Å². The number of ether oxygens (including phenoxy) is 1. The van der Waals surface area contributed by atoms with Crippen LogP contribution in [-0.2, 0) is 10.2 Å². The first-order valence-corrected chi connectivity index (χ1v) is 11.5. The molecule has 6 nitrogen and oxygen atoms in total. The summed E-state index contributed by atoms with van der Waals surface area (Å²) in [7, 11) is 1.69. The van der Waals surface area contributed by atoms with Crippen LogP contribution in [0.5, 0.6) is 0 Å². The second kappa shape index (κ2) is 8.67. The number of fused-ring (bicyclic) bond motifs is 1. The minimum atomic E-state index is -0.986. The molecule has 0 aliphatic heterocycles. The van der Waals surface area contributed by atoms with Gasteiger partial charge in [0.05, 0.1) is 17.7 Å². The summed E-state index contributed by atoms with van der Waals surface area (Å²) < 4.78 is 21.7. The van der Waals surface area contributed by atoms with E-state index in [9.17, 15) is 14.3 Å². The Bertz CT molecular complexity index is 1440. The predicted molar refractivity (Wildman–Crippen MR) is 135 cm³/mol. The fourth-order valence-corrected chi connectivity index (χ4v) is 5.25. The second-order valence-corrected chi connectivity index (χ2v) is 9.13. The molecule has 0 saturated heterocycles. The average Bonchev–Trinajstić information content (AvgIpc) is 3.15. The maximum atomic E-state index is 13.9. The van der Waals surface area contributed by atoms with Gasteiger partial charge in [0.1, 0.15) is 5.82 Å². The van der Waals surface area contributed by atoms with Crippen molar-refractivity contribution < 1.29 is 19.0 Å². The van der Waals surface area contributed by atoms with Crippen molar-refractivity contribution in [3.05, 3.63) is 83.3 Å². The molecule has 4 N–H and O–H groups in total. The highest BCUT2D eigenvalue weighted by Crippen LogP contribution is 2.52. The molecule has 1 saturated carbocycles. The van der Waals surface area contributed by atoms with Crippen molar-refractivity contribution in [1.29, 1.82) is 5.41 Å². The van der Waals surface area contributed by atoms with Crippen LogP contribution in [0.3, 0.4) is 0 Å². The second-order valence-electron chi connectivity index (χ2n) is 9.13. The SMILES string of the molecule is COCC1(c2c(-c3ccc(C(=O)O)cc3)c3cc(N)c(C=N)cc3n2-c2ccc(F)cc2)CCC1. The molecule has 4 aromatic rings. The number of carbonyl (C=O) groups is 1. The number of benzene rings is 3. The summed E-state index contributed by atoms with van der Waals surface area (Å²) in [5, 5.41) is 18.1. The maximum Gasteiger partial charge on any atom is 0.335 e. The summed E-state index contributed by atoms with van der Waals surface area (Å²) in [6.45, 7) is 0.512. The first-order chi connectivity index (χ1) is 16.9. The summed E-state index contributed by atoms with van der Waals surface area (Å²) >= 11 is 0. The molecular formula is C28H26FN3O3. The fourth-order valence-electron chi connectivity index (χ4n) is 5.25. The van der Waals surface area contributed by atoms with Crippen molar-refractivity contribution in [3.8, 4) is 16.8 Å². The van der Waals surface area contributed by atoms with E-state index in [0.717, 1.165) is 52.7 Å². The standard InChI is InChI=1S/C28H26FN3O3/c1-35-16-28(11-2-12-28)26-25(17-3-5-18(6-4-17)27(33)34)22-14-23(31)19(15-30)13-24(22)32(26)21-9-7-20(29)8-10-21/h3-10,13-15,30H,2,11-12,16,31H2,1H3,(H,33,34). The van der Waals surface area contributed by atoms with Gasteiger partial charge in [0, 0.05) is 52.3 Å². The first kappa shape index (κ1) is 22.8. The van der Waals surface area contributed by atoms with Gasteiger partial charge in [-0.3, -0.25) is 0 Å².